The van der Waals surface area contributed by atoms with Crippen molar-refractivity contribution in [2.75, 3.05) is 0 Å². The average molecular weight is 327 g/mol. The van der Waals surface area contributed by atoms with E-state index in [-0.39, 0.29) is 17.4 Å². The highest BCUT2D eigenvalue weighted by Crippen LogP contribution is 2.26. The second-order valence-electron chi connectivity index (χ2n) is 5.43. The summed E-state index contributed by atoms with van der Waals surface area (Å²) < 4.78 is 0. The summed E-state index contributed by atoms with van der Waals surface area (Å²) in [6, 6.07) is 11.8. The van der Waals surface area contributed by atoms with Gasteiger partial charge in [0, 0.05) is 28.8 Å². The molecule has 0 radical (unpaired) electrons. The van der Waals surface area contributed by atoms with Gasteiger partial charge in [-0.05, 0) is 42.1 Å². The van der Waals surface area contributed by atoms with Gasteiger partial charge < -0.3 is 10.7 Å². The Kier molecular flexibility index (Phi) is 4.03. The van der Waals surface area contributed by atoms with Gasteiger partial charge in [0.05, 0.1) is 5.02 Å². The number of H-pyrrole nitrogens is 1. The highest BCUT2D eigenvalue weighted by molar-refractivity contribution is 6.35. The van der Waals surface area contributed by atoms with Gasteiger partial charge in [-0.2, -0.15) is 0 Å². The van der Waals surface area contributed by atoms with Crippen LogP contribution in [0, 0.1) is 0 Å². The van der Waals surface area contributed by atoms with Gasteiger partial charge in [-0.3, -0.25) is 9.59 Å². The van der Waals surface area contributed by atoms with Crippen molar-refractivity contribution in [3.05, 3.63) is 80.7 Å². The molecule has 0 saturated carbocycles. The largest absolute Gasteiger partial charge is 0.329 e. The number of hydrogen-bond donors (Lipinski definition) is 2. The predicted molar refractivity (Wildman–Crippen MR) is 92.1 cm³/mol. The van der Waals surface area contributed by atoms with Crippen LogP contribution in [-0.4, -0.2) is 10.8 Å². The number of hydrogen-bond acceptors (Lipinski definition) is 3. The van der Waals surface area contributed by atoms with E-state index in [4.69, 9.17) is 17.3 Å². The summed E-state index contributed by atoms with van der Waals surface area (Å²) >= 11 is 6.26. The van der Waals surface area contributed by atoms with Crippen molar-refractivity contribution in [2.45, 2.75) is 13.0 Å². The number of pyridine rings is 1. The fraction of sp³-hybridized carbons (Fsp3) is 0.111. The molecule has 1 heterocycles. The van der Waals surface area contributed by atoms with E-state index in [0.29, 0.717) is 26.9 Å². The number of rotatable bonds is 3. The molecule has 1 unspecified atom stereocenters. The van der Waals surface area contributed by atoms with E-state index in [1.54, 1.807) is 42.5 Å². The minimum Gasteiger partial charge on any atom is -0.329 e. The third kappa shape index (κ3) is 2.79. The van der Waals surface area contributed by atoms with Crippen molar-refractivity contribution in [1.82, 2.24) is 4.98 Å². The first kappa shape index (κ1) is 15.5. The molecular weight excluding hydrogens is 312 g/mol. The summed E-state index contributed by atoms with van der Waals surface area (Å²) in [6.45, 7) is 1.85. The summed E-state index contributed by atoms with van der Waals surface area (Å²) in [4.78, 5) is 27.3. The van der Waals surface area contributed by atoms with E-state index in [9.17, 15) is 9.59 Å². The first-order valence-electron chi connectivity index (χ1n) is 7.19. The molecule has 0 aliphatic rings. The minimum atomic E-state index is -0.226. The number of nitrogens with two attached hydrogens (primary N) is 1. The zero-order valence-corrected chi connectivity index (χ0v) is 13.2. The lowest BCUT2D eigenvalue weighted by Gasteiger charge is -2.10. The van der Waals surface area contributed by atoms with Gasteiger partial charge in [-0.15, -0.1) is 0 Å². The quantitative estimate of drug-likeness (QED) is 0.724. The Morgan fingerprint density at radius 3 is 2.61 bits per heavy atom. The van der Waals surface area contributed by atoms with Crippen molar-refractivity contribution < 1.29 is 4.79 Å². The maximum atomic E-state index is 12.8. The molecule has 23 heavy (non-hydrogen) atoms. The van der Waals surface area contributed by atoms with Gasteiger partial charge >= 0.3 is 0 Å². The van der Waals surface area contributed by atoms with E-state index in [1.165, 1.54) is 6.20 Å². The SMILES string of the molecule is CC(N)c1ccc(C(=O)c2cccc3c(=O)[nH]ccc23)c(Cl)c1. The molecule has 1 atom stereocenters. The number of ketones is 1. The Labute approximate surface area is 137 Å². The summed E-state index contributed by atoms with van der Waals surface area (Å²) in [5.74, 6) is -0.220. The van der Waals surface area contributed by atoms with Crippen LogP contribution in [0.1, 0.15) is 34.5 Å². The topological polar surface area (TPSA) is 76.0 Å². The minimum absolute atomic E-state index is 0.159. The summed E-state index contributed by atoms with van der Waals surface area (Å²) in [7, 11) is 0. The molecule has 0 spiro atoms. The molecule has 5 heteroatoms. The van der Waals surface area contributed by atoms with Crippen molar-refractivity contribution in [3.8, 4) is 0 Å². The molecule has 2 aromatic carbocycles. The van der Waals surface area contributed by atoms with Gasteiger partial charge in [0.2, 0.25) is 0 Å². The van der Waals surface area contributed by atoms with Crippen molar-refractivity contribution >= 4 is 28.2 Å². The Bertz CT molecular complexity index is 961. The Morgan fingerprint density at radius 1 is 1.13 bits per heavy atom. The number of benzene rings is 2. The predicted octanol–water partition coefficient (Wildman–Crippen LogP) is 3.43. The molecule has 3 N–H and O–H groups in total. The van der Waals surface area contributed by atoms with E-state index < -0.39 is 0 Å². The molecule has 3 rings (SSSR count). The number of carbonyl (C=O) groups is 1. The number of halogens is 1. The van der Waals surface area contributed by atoms with E-state index >= 15 is 0 Å². The zero-order valence-electron chi connectivity index (χ0n) is 12.5. The highest BCUT2D eigenvalue weighted by Gasteiger charge is 2.17. The lowest BCUT2D eigenvalue weighted by Crippen LogP contribution is -2.10. The average Bonchev–Trinajstić information content (AvgIpc) is 2.54. The van der Waals surface area contributed by atoms with Crippen molar-refractivity contribution in [3.63, 3.8) is 0 Å². The van der Waals surface area contributed by atoms with Gasteiger partial charge in [0.1, 0.15) is 0 Å². The Hall–Kier alpha value is -2.43. The fourth-order valence-corrected chi connectivity index (χ4v) is 2.84. The van der Waals surface area contributed by atoms with Crippen molar-refractivity contribution in [2.24, 2.45) is 5.73 Å². The third-order valence-corrected chi connectivity index (χ3v) is 4.14. The maximum Gasteiger partial charge on any atom is 0.255 e. The van der Waals surface area contributed by atoms with Crippen LogP contribution < -0.4 is 11.3 Å². The van der Waals surface area contributed by atoms with Crippen molar-refractivity contribution in [1.29, 1.82) is 0 Å². The molecule has 116 valence electrons. The van der Waals surface area contributed by atoms with Gasteiger partial charge in [0.25, 0.3) is 5.56 Å². The molecule has 0 bridgehead atoms. The van der Waals surface area contributed by atoms with E-state index in [0.717, 1.165) is 5.56 Å². The molecule has 3 aromatic rings. The monoisotopic (exact) mass is 326 g/mol. The van der Waals surface area contributed by atoms with Crippen LogP contribution in [0.3, 0.4) is 0 Å². The molecule has 4 nitrogen and oxygen atoms in total. The maximum absolute atomic E-state index is 12.8. The molecule has 0 aliphatic carbocycles. The Morgan fingerprint density at radius 2 is 1.91 bits per heavy atom. The summed E-state index contributed by atoms with van der Waals surface area (Å²) in [5.41, 5.74) is 7.31. The normalized spacial score (nSPS) is 12.3. The van der Waals surface area contributed by atoms with Gasteiger partial charge in [0.15, 0.2) is 5.78 Å². The number of carbonyl (C=O) groups excluding carboxylic acids is 1. The molecule has 1 aromatic heterocycles. The summed E-state index contributed by atoms with van der Waals surface area (Å²) in [5, 5.41) is 1.43. The molecule has 0 amide bonds. The third-order valence-electron chi connectivity index (χ3n) is 3.82. The van der Waals surface area contributed by atoms with Crippen LogP contribution in [0.2, 0.25) is 5.02 Å². The van der Waals surface area contributed by atoms with Crippen LogP contribution in [0.5, 0.6) is 0 Å². The zero-order chi connectivity index (χ0) is 16.6. The molecule has 0 saturated heterocycles. The smallest absolute Gasteiger partial charge is 0.255 e. The number of nitrogens with one attached hydrogen (secondary N) is 1. The summed E-state index contributed by atoms with van der Waals surface area (Å²) in [6.07, 6.45) is 1.53. The van der Waals surface area contributed by atoms with Crippen LogP contribution in [-0.2, 0) is 0 Å². The first-order chi connectivity index (χ1) is 11.0. The van der Waals surface area contributed by atoms with Gasteiger partial charge in [-0.1, -0.05) is 29.8 Å². The second kappa shape index (κ2) is 5.99. The van der Waals surface area contributed by atoms with E-state index in [1.807, 2.05) is 6.92 Å². The van der Waals surface area contributed by atoms with Gasteiger partial charge in [-0.25, -0.2) is 0 Å². The lowest BCUT2D eigenvalue weighted by atomic mass is 9.96. The molecule has 0 fully saturated rings. The number of aromatic nitrogens is 1. The first-order valence-corrected chi connectivity index (χ1v) is 7.57. The second-order valence-corrected chi connectivity index (χ2v) is 5.84. The van der Waals surface area contributed by atoms with Crippen LogP contribution >= 0.6 is 11.6 Å². The molecular formula is C18H15ClN2O2. The van der Waals surface area contributed by atoms with Crippen LogP contribution in [0.4, 0.5) is 0 Å². The molecule has 0 aliphatic heterocycles. The fourth-order valence-electron chi connectivity index (χ4n) is 2.56. The highest BCUT2D eigenvalue weighted by atomic mass is 35.5. The standard InChI is InChI=1S/C18H15ClN2O2/c1-10(20)11-5-6-15(16(19)9-11)17(22)13-3-2-4-14-12(13)7-8-21-18(14)23/h2-10H,20H2,1H3,(H,21,23). The lowest BCUT2D eigenvalue weighted by molar-refractivity contribution is 0.104. The van der Waals surface area contributed by atoms with Crippen LogP contribution in [0.25, 0.3) is 10.8 Å². The van der Waals surface area contributed by atoms with E-state index in [2.05, 4.69) is 4.98 Å². The Balaban J connectivity index is 2.15. The number of aromatic amines is 1. The van der Waals surface area contributed by atoms with Crippen LogP contribution in [0.15, 0.2) is 53.5 Å². The number of fused-ring (bicyclic) bond motifs is 1.